The number of nitro groups is 1. The summed E-state index contributed by atoms with van der Waals surface area (Å²) in [5, 5.41) is 14.0. The number of pyridine rings is 1. The van der Waals surface area contributed by atoms with Gasteiger partial charge in [0.25, 0.3) is 0 Å². The van der Waals surface area contributed by atoms with E-state index >= 15 is 0 Å². The topological polar surface area (TPSA) is 103 Å². The number of hydrogen-bond acceptors (Lipinski definition) is 6. The van der Waals surface area contributed by atoms with E-state index in [1.807, 2.05) is 0 Å². The van der Waals surface area contributed by atoms with Gasteiger partial charge in [-0.15, -0.1) is 0 Å². The summed E-state index contributed by atoms with van der Waals surface area (Å²) < 4.78 is 5.36. The van der Waals surface area contributed by atoms with Gasteiger partial charge in [0.05, 0.1) is 4.92 Å². The van der Waals surface area contributed by atoms with Crippen molar-refractivity contribution in [2.24, 2.45) is 5.73 Å². The van der Waals surface area contributed by atoms with Gasteiger partial charge in [0.15, 0.2) is 0 Å². The van der Waals surface area contributed by atoms with Gasteiger partial charge in [-0.1, -0.05) is 0 Å². The van der Waals surface area contributed by atoms with Crippen LogP contribution in [0.2, 0.25) is 0 Å². The van der Waals surface area contributed by atoms with E-state index in [4.69, 9.17) is 10.5 Å². The molecule has 21 heavy (non-hydrogen) atoms. The summed E-state index contributed by atoms with van der Waals surface area (Å²) in [5.74, 6) is 0.910. The summed E-state index contributed by atoms with van der Waals surface area (Å²) in [7, 11) is 0. The van der Waals surface area contributed by atoms with E-state index in [0.29, 0.717) is 30.2 Å². The quantitative estimate of drug-likeness (QED) is 0.624. The number of nitrogens with two attached hydrogens (primary N) is 1. The maximum atomic E-state index is 11.1. The monoisotopic (exact) mass is 288 g/mol. The Morgan fingerprint density at radius 2 is 2.05 bits per heavy atom. The number of ether oxygens (including phenoxy) is 1. The van der Waals surface area contributed by atoms with Crippen LogP contribution in [0.3, 0.4) is 0 Å². The Hall–Kier alpha value is -2.67. The number of nitrogens with one attached hydrogen (secondary N) is 1. The first-order valence-corrected chi connectivity index (χ1v) is 6.41. The fraction of sp³-hybridized carbons (Fsp3) is 0.214. The van der Waals surface area contributed by atoms with Crippen molar-refractivity contribution in [3.63, 3.8) is 0 Å². The molecule has 0 unspecified atom stereocenters. The molecule has 0 saturated heterocycles. The van der Waals surface area contributed by atoms with Crippen LogP contribution in [0.1, 0.15) is 5.56 Å². The van der Waals surface area contributed by atoms with E-state index in [1.54, 1.807) is 37.3 Å². The van der Waals surface area contributed by atoms with E-state index in [1.165, 1.54) is 6.20 Å². The van der Waals surface area contributed by atoms with Gasteiger partial charge in [-0.3, -0.25) is 10.1 Å². The maximum absolute atomic E-state index is 11.1. The van der Waals surface area contributed by atoms with E-state index < -0.39 is 4.92 Å². The molecule has 0 bridgehead atoms. The Morgan fingerprint density at radius 1 is 1.33 bits per heavy atom. The number of benzene rings is 1. The van der Waals surface area contributed by atoms with Gasteiger partial charge in [0.1, 0.15) is 12.4 Å². The van der Waals surface area contributed by atoms with Crippen molar-refractivity contribution in [3.05, 3.63) is 52.2 Å². The molecule has 0 aliphatic rings. The average Bonchev–Trinajstić information content (AvgIpc) is 2.46. The second-order valence-corrected chi connectivity index (χ2v) is 4.37. The number of aromatic nitrogens is 1. The normalized spacial score (nSPS) is 10.2. The minimum Gasteiger partial charge on any atom is -0.492 e. The molecule has 2 aromatic rings. The van der Waals surface area contributed by atoms with Crippen LogP contribution in [0.5, 0.6) is 5.75 Å². The molecule has 7 heteroatoms. The molecule has 1 heterocycles. The zero-order chi connectivity index (χ0) is 15.2. The summed E-state index contributed by atoms with van der Waals surface area (Å²) in [4.78, 5) is 14.7. The van der Waals surface area contributed by atoms with Crippen LogP contribution in [0, 0.1) is 17.0 Å². The largest absolute Gasteiger partial charge is 0.492 e. The minimum atomic E-state index is -0.441. The van der Waals surface area contributed by atoms with Crippen LogP contribution in [0.4, 0.5) is 17.2 Å². The third-order valence-corrected chi connectivity index (χ3v) is 2.81. The molecule has 1 aromatic carbocycles. The molecule has 0 saturated carbocycles. The first-order chi connectivity index (χ1) is 10.1. The molecular weight excluding hydrogens is 272 g/mol. The highest BCUT2D eigenvalue weighted by molar-refractivity contribution is 5.67. The standard InChI is InChI=1S/C14H16N4O3/c1-10-6-8-16-14(13(10)18(19)20)17-11-2-4-12(5-3-11)21-9-7-15/h2-6,8H,7,9,15H2,1H3,(H,16,17). The third kappa shape index (κ3) is 3.67. The number of aryl methyl sites for hydroxylation is 1. The van der Waals surface area contributed by atoms with E-state index in [-0.39, 0.29) is 11.5 Å². The second-order valence-electron chi connectivity index (χ2n) is 4.37. The van der Waals surface area contributed by atoms with Crippen molar-refractivity contribution in [2.75, 3.05) is 18.5 Å². The predicted molar refractivity (Wildman–Crippen MR) is 79.9 cm³/mol. The molecule has 0 amide bonds. The molecule has 3 N–H and O–H groups in total. The Kier molecular flexibility index (Phi) is 4.68. The molecule has 7 nitrogen and oxygen atoms in total. The first kappa shape index (κ1) is 14.7. The van der Waals surface area contributed by atoms with Gasteiger partial charge in [-0.2, -0.15) is 0 Å². The van der Waals surface area contributed by atoms with E-state index in [2.05, 4.69) is 10.3 Å². The Labute approximate surface area is 121 Å². The van der Waals surface area contributed by atoms with Crippen LogP contribution in [-0.2, 0) is 0 Å². The van der Waals surface area contributed by atoms with Crippen molar-refractivity contribution in [1.82, 2.24) is 4.98 Å². The van der Waals surface area contributed by atoms with Crippen molar-refractivity contribution >= 4 is 17.2 Å². The predicted octanol–water partition coefficient (Wildman–Crippen LogP) is 2.38. The van der Waals surface area contributed by atoms with Gasteiger partial charge in [-0.05, 0) is 37.3 Å². The highest BCUT2D eigenvalue weighted by Gasteiger charge is 2.18. The van der Waals surface area contributed by atoms with Crippen LogP contribution in [-0.4, -0.2) is 23.1 Å². The van der Waals surface area contributed by atoms with Crippen LogP contribution in [0.15, 0.2) is 36.5 Å². The number of nitrogens with zero attached hydrogens (tertiary/aromatic N) is 2. The Morgan fingerprint density at radius 3 is 2.67 bits per heavy atom. The zero-order valence-electron chi connectivity index (χ0n) is 11.6. The third-order valence-electron chi connectivity index (χ3n) is 2.81. The molecule has 0 atom stereocenters. The lowest BCUT2D eigenvalue weighted by atomic mass is 10.2. The van der Waals surface area contributed by atoms with Crippen LogP contribution in [0.25, 0.3) is 0 Å². The van der Waals surface area contributed by atoms with Crippen molar-refractivity contribution in [2.45, 2.75) is 6.92 Å². The van der Waals surface area contributed by atoms with Gasteiger partial charge >= 0.3 is 5.69 Å². The van der Waals surface area contributed by atoms with Gasteiger partial charge in [0.2, 0.25) is 5.82 Å². The number of rotatable bonds is 6. The molecule has 1 aromatic heterocycles. The van der Waals surface area contributed by atoms with Crippen LogP contribution < -0.4 is 15.8 Å². The summed E-state index contributed by atoms with van der Waals surface area (Å²) in [5.41, 5.74) is 6.58. The Balaban J connectivity index is 2.19. The van der Waals surface area contributed by atoms with Crippen LogP contribution >= 0.6 is 0 Å². The lowest BCUT2D eigenvalue weighted by molar-refractivity contribution is -0.384. The van der Waals surface area contributed by atoms with E-state index in [9.17, 15) is 10.1 Å². The number of hydrogen-bond donors (Lipinski definition) is 2. The number of anilines is 2. The molecule has 0 aliphatic heterocycles. The lowest BCUT2D eigenvalue weighted by Gasteiger charge is -2.09. The summed E-state index contributed by atoms with van der Waals surface area (Å²) in [6, 6.07) is 8.66. The maximum Gasteiger partial charge on any atom is 0.314 e. The molecule has 0 radical (unpaired) electrons. The van der Waals surface area contributed by atoms with Gasteiger partial charge in [0, 0.05) is 24.0 Å². The molecular formula is C14H16N4O3. The molecule has 0 fully saturated rings. The van der Waals surface area contributed by atoms with Crippen molar-refractivity contribution in [1.29, 1.82) is 0 Å². The second kappa shape index (κ2) is 6.67. The zero-order valence-corrected chi connectivity index (χ0v) is 11.6. The van der Waals surface area contributed by atoms with Gasteiger partial charge < -0.3 is 15.8 Å². The first-order valence-electron chi connectivity index (χ1n) is 6.41. The molecule has 2 rings (SSSR count). The smallest absolute Gasteiger partial charge is 0.314 e. The summed E-state index contributed by atoms with van der Waals surface area (Å²) >= 11 is 0. The lowest BCUT2D eigenvalue weighted by Crippen LogP contribution is -2.10. The summed E-state index contributed by atoms with van der Waals surface area (Å²) in [6.07, 6.45) is 1.53. The van der Waals surface area contributed by atoms with Crippen molar-refractivity contribution < 1.29 is 9.66 Å². The fourth-order valence-corrected chi connectivity index (χ4v) is 1.82. The SMILES string of the molecule is Cc1ccnc(Nc2ccc(OCCN)cc2)c1[N+](=O)[O-]. The summed E-state index contributed by atoms with van der Waals surface area (Å²) in [6.45, 7) is 2.56. The highest BCUT2D eigenvalue weighted by atomic mass is 16.6. The van der Waals surface area contributed by atoms with Gasteiger partial charge in [-0.25, -0.2) is 4.98 Å². The Bertz CT molecular complexity index is 629. The van der Waals surface area contributed by atoms with Crippen molar-refractivity contribution in [3.8, 4) is 5.75 Å². The highest BCUT2D eigenvalue weighted by Crippen LogP contribution is 2.28. The fourth-order valence-electron chi connectivity index (χ4n) is 1.82. The molecule has 0 aliphatic carbocycles. The molecule has 0 spiro atoms. The van der Waals surface area contributed by atoms with E-state index in [0.717, 1.165) is 0 Å². The molecule has 110 valence electrons. The average molecular weight is 288 g/mol. The minimum absolute atomic E-state index is 0.0269.